The summed E-state index contributed by atoms with van der Waals surface area (Å²) in [7, 11) is 0. The summed E-state index contributed by atoms with van der Waals surface area (Å²) in [5.41, 5.74) is 2.39. The third-order valence-corrected chi connectivity index (χ3v) is 6.13. The highest BCUT2D eigenvalue weighted by molar-refractivity contribution is 5.17. The van der Waals surface area contributed by atoms with Crippen LogP contribution >= 0.6 is 0 Å². The highest BCUT2D eigenvalue weighted by Gasteiger charge is 2.46. The van der Waals surface area contributed by atoms with Crippen LogP contribution in [0.2, 0.25) is 0 Å². The number of nitrogens with zero attached hydrogens (tertiary/aromatic N) is 1. The fourth-order valence-corrected chi connectivity index (χ4v) is 4.45. The predicted octanol–water partition coefficient (Wildman–Crippen LogP) is 4.77. The Kier molecular flexibility index (Phi) is 4.91. The van der Waals surface area contributed by atoms with Gasteiger partial charge in [-0.05, 0) is 55.6 Å². The highest BCUT2D eigenvalue weighted by Crippen LogP contribution is 2.47. The van der Waals surface area contributed by atoms with E-state index in [0.29, 0.717) is 12.0 Å². The molecule has 0 unspecified atom stereocenters. The lowest BCUT2D eigenvalue weighted by atomic mass is 9.78. The zero-order chi connectivity index (χ0) is 17.1. The van der Waals surface area contributed by atoms with E-state index < -0.39 is 0 Å². The maximum Gasteiger partial charge on any atom is 0.0677 e. The van der Waals surface area contributed by atoms with Crippen LogP contribution in [0, 0.1) is 5.92 Å². The smallest absolute Gasteiger partial charge is 0.0677 e. The molecular weight excluding hydrogens is 306 g/mol. The monoisotopic (exact) mass is 335 g/mol. The van der Waals surface area contributed by atoms with Gasteiger partial charge < -0.3 is 5.11 Å². The number of rotatable bonds is 6. The van der Waals surface area contributed by atoms with Crippen molar-refractivity contribution in [3.05, 3.63) is 71.8 Å². The minimum Gasteiger partial charge on any atom is -0.390 e. The molecule has 2 aromatic rings. The molecule has 2 aliphatic rings. The van der Waals surface area contributed by atoms with E-state index in [1.165, 1.54) is 24.0 Å². The molecule has 4 rings (SSSR count). The first-order chi connectivity index (χ1) is 12.2. The third kappa shape index (κ3) is 4.13. The van der Waals surface area contributed by atoms with Crippen molar-refractivity contribution in [2.45, 2.75) is 63.3 Å². The van der Waals surface area contributed by atoms with E-state index in [0.717, 1.165) is 38.8 Å². The van der Waals surface area contributed by atoms with E-state index in [1.807, 2.05) is 0 Å². The predicted molar refractivity (Wildman–Crippen MR) is 102 cm³/mol. The average molecular weight is 335 g/mol. The van der Waals surface area contributed by atoms with Gasteiger partial charge in [0, 0.05) is 19.1 Å². The van der Waals surface area contributed by atoms with Gasteiger partial charge in [0.05, 0.1) is 5.60 Å². The van der Waals surface area contributed by atoms with E-state index in [-0.39, 0.29) is 5.60 Å². The van der Waals surface area contributed by atoms with Crippen LogP contribution in [0.3, 0.4) is 0 Å². The largest absolute Gasteiger partial charge is 0.390 e. The Labute approximate surface area is 151 Å². The zero-order valence-corrected chi connectivity index (χ0v) is 15.0. The number of hydrogen-bond acceptors (Lipinski definition) is 2. The van der Waals surface area contributed by atoms with Crippen LogP contribution in [0.15, 0.2) is 60.7 Å². The Balaban J connectivity index is 1.47. The Hall–Kier alpha value is -1.64. The number of benzene rings is 2. The van der Waals surface area contributed by atoms with Crippen molar-refractivity contribution in [2.75, 3.05) is 0 Å². The number of aliphatic hydroxyl groups is 1. The second-order valence-corrected chi connectivity index (χ2v) is 7.99. The molecule has 132 valence electrons. The number of hydrogen-bond donors (Lipinski definition) is 1. The molecule has 2 heteroatoms. The van der Waals surface area contributed by atoms with Crippen LogP contribution in [-0.4, -0.2) is 21.6 Å². The molecule has 0 spiro atoms. The summed E-state index contributed by atoms with van der Waals surface area (Å²) in [5, 5.41) is 10.9. The van der Waals surface area contributed by atoms with Gasteiger partial charge in [0.1, 0.15) is 0 Å². The van der Waals surface area contributed by atoms with E-state index in [9.17, 15) is 5.11 Å². The topological polar surface area (TPSA) is 23.5 Å². The summed E-state index contributed by atoms with van der Waals surface area (Å²) in [4.78, 5) is 2.62. The SMILES string of the molecule is O[C@]1(C2CC2)CC[C@H](N(Cc2ccccc2)Cc2ccccc2)CC1. The third-order valence-electron chi connectivity index (χ3n) is 6.13. The van der Waals surface area contributed by atoms with E-state index >= 15 is 0 Å². The molecule has 0 radical (unpaired) electrons. The van der Waals surface area contributed by atoms with E-state index in [1.54, 1.807) is 0 Å². The van der Waals surface area contributed by atoms with Crippen LogP contribution in [0.1, 0.15) is 49.7 Å². The molecule has 0 atom stereocenters. The molecule has 0 bridgehead atoms. The molecule has 0 saturated heterocycles. The van der Waals surface area contributed by atoms with Gasteiger partial charge in [-0.15, -0.1) is 0 Å². The zero-order valence-electron chi connectivity index (χ0n) is 15.0. The Morgan fingerprint density at radius 2 is 1.24 bits per heavy atom. The quantitative estimate of drug-likeness (QED) is 0.822. The fraction of sp³-hybridized carbons (Fsp3) is 0.478. The summed E-state index contributed by atoms with van der Waals surface area (Å²) in [6.07, 6.45) is 6.65. The van der Waals surface area contributed by atoms with Crippen LogP contribution < -0.4 is 0 Å². The van der Waals surface area contributed by atoms with Gasteiger partial charge in [-0.3, -0.25) is 4.90 Å². The van der Waals surface area contributed by atoms with Crippen molar-refractivity contribution in [3.8, 4) is 0 Å². The first-order valence-electron chi connectivity index (χ1n) is 9.77. The maximum absolute atomic E-state index is 10.9. The Morgan fingerprint density at radius 3 is 1.68 bits per heavy atom. The van der Waals surface area contributed by atoms with Gasteiger partial charge in [-0.1, -0.05) is 60.7 Å². The van der Waals surface area contributed by atoms with Crippen molar-refractivity contribution < 1.29 is 5.11 Å². The highest BCUT2D eigenvalue weighted by atomic mass is 16.3. The summed E-state index contributed by atoms with van der Waals surface area (Å²) < 4.78 is 0. The molecule has 25 heavy (non-hydrogen) atoms. The standard InChI is InChI=1S/C23H29NO/c25-23(21-11-12-21)15-13-22(14-16-23)24(17-19-7-3-1-4-8-19)18-20-9-5-2-6-10-20/h1-10,21-22,25H,11-18H2/t22-,23+. The normalized spacial score (nSPS) is 26.7. The lowest BCUT2D eigenvalue weighted by Crippen LogP contribution is -2.44. The van der Waals surface area contributed by atoms with Crippen molar-refractivity contribution in [3.63, 3.8) is 0 Å². The summed E-state index contributed by atoms with van der Waals surface area (Å²) >= 11 is 0. The lowest BCUT2D eigenvalue weighted by molar-refractivity contribution is -0.0401. The molecular formula is C23H29NO. The minimum atomic E-state index is -0.359. The van der Waals surface area contributed by atoms with Crippen molar-refractivity contribution in [1.29, 1.82) is 0 Å². The summed E-state index contributed by atoms with van der Waals surface area (Å²) in [5.74, 6) is 0.588. The molecule has 2 fully saturated rings. The second-order valence-electron chi connectivity index (χ2n) is 7.99. The van der Waals surface area contributed by atoms with Gasteiger partial charge in [0.2, 0.25) is 0 Å². The first kappa shape index (κ1) is 16.8. The minimum absolute atomic E-state index is 0.359. The van der Waals surface area contributed by atoms with Gasteiger partial charge in [0.15, 0.2) is 0 Å². The fourth-order valence-electron chi connectivity index (χ4n) is 4.45. The molecule has 0 aromatic heterocycles. The van der Waals surface area contributed by atoms with Gasteiger partial charge >= 0.3 is 0 Å². The van der Waals surface area contributed by atoms with Gasteiger partial charge in [0.25, 0.3) is 0 Å². The second kappa shape index (κ2) is 7.31. The molecule has 2 nitrogen and oxygen atoms in total. The van der Waals surface area contributed by atoms with Gasteiger partial charge in [-0.25, -0.2) is 0 Å². The van der Waals surface area contributed by atoms with E-state index in [2.05, 4.69) is 65.6 Å². The molecule has 0 amide bonds. The average Bonchev–Trinajstić information content (AvgIpc) is 3.49. The molecule has 2 aromatic carbocycles. The van der Waals surface area contributed by atoms with Gasteiger partial charge in [-0.2, -0.15) is 0 Å². The molecule has 0 aliphatic heterocycles. The Bertz CT molecular complexity index is 616. The van der Waals surface area contributed by atoms with Crippen LogP contribution in [0.25, 0.3) is 0 Å². The van der Waals surface area contributed by atoms with Crippen LogP contribution in [0.4, 0.5) is 0 Å². The van der Waals surface area contributed by atoms with Crippen LogP contribution in [-0.2, 0) is 13.1 Å². The summed E-state index contributed by atoms with van der Waals surface area (Å²) in [6, 6.07) is 22.1. The van der Waals surface area contributed by atoms with Crippen LogP contribution in [0.5, 0.6) is 0 Å². The maximum atomic E-state index is 10.9. The first-order valence-corrected chi connectivity index (χ1v) is 9.77. The molecule has 2 aliphatic carbocycles. The van der Waals surface area contributed by atoms with Crippen molar-refractivity contribution >= 4 is 0 Å². The summed E-state index contributed by atoms with van der Waals surface area (Å²) in [6.45, 7) is 1.98. The molecule has 2 saturated carbocycles. The molecule has 0 heterocycles. The Morgan fingerprint density at radius 1 is 0.760 bits per heavy atom. The van der Waals surface area contributed by atoms with Crippen molar-refractivity contribution in [1.82, 2.24) is 4.90 Å². The van der Waals surface area contributed by atoms with E-state index in [4.69, 9.17) is 0 Å². The van der Waals surface area contributed by atoms with Crippen molar-refractivity contribution in [2.24, 2.45) is 5.92 Å². The lowest BCUT2D eigenvalue weighted by Gasteiger charge is -2.41. The molecule has 1 N–H and O–H groups in total.